The summed E-state index contributed by atoms with van der Waals surface area (Å²) in [5.74, 6) is -0.206. The highest BCUT2D eigenvalue weighted by molar-refractivity contribution is 7.11. The molecule has 0 saturated carbocycles. The number of hydrogen-bond acceptors (Lipinski definition) is 4. The monoisotopic (exact) mass is 205 g/mol. The Morgan fingerprint density at radius 3 is 2.92 bits per heavy atom. The van der Waals surface area contributed by atoms with Gasteiger partial charge in [-0.05, 0) is 6.92 Å². The van der Waals surface area contributed by atoms with Crippen molar-refractivity contribution >= 4 is 28.8 Å². The average molecular weight is 206 g/mol. The zero-order chi connectivity index (χ0) is 8.97. The first-order chi connectivity index (χ1) is 5.72. The van der Waals surface area contributed by atoms with Crippen LogP contribution in [0.5, 0.6) is 0 Å². The van der Waals surface area contributed by atoms with Crippen LogP contribution in [0.15, 0.2) is 0 Å². The van der Waals surface area contributed by atoms with E-state index in [9.17, 15) is 4.79 Å². The van der Waals surface area contributed by atoms with E-state index in [0.29, 0.717) is 6.54 Å². The van der Waals surface area contributed by atoms with Crippen molar-refractivity contribution in [1.29, 1.82) is 0 Å². The molecule has 1 aromatic rings. The van der Waals surface area contributed by atoms with Gasteiger partial charge in [-0.25, -0.2) is 0 Å². The maximum absolute atomic E-state index is 10.7. The molecule has 6 heteroatoms. The van der Waals surface area contributed by atoms with E-state index in [2.05, 4.69) is 15.5 Å². The number of aryl methyl sites for hydroxylation is 1. The second kappa shape index (κ2) is 4.37. The minimum atomic E-state index is -0.190. The molecular formula is C6H8ClN3OS. The van der Waals surface area contributed by atoms with Gasteiger partial charge in [-0.1, -0.05) is 11.3 Å². The van der Waals surface area contributed by atoms with Crippen molar-refractivity contribution in [2.24, 2.45) is 0 Å². The minimum absolute atomic E-state index is 0.0161. The van der Waals surface area contributed by atoms with Gasteiger partial charge in [0.1, 0.15) is 15.9 Å². The van der Waals surface area contributed by atoms with Gasteiger partial charge in [-0.2, -0.15) is 0 Å². The third-order valence-corrected chi connectivity index (χ3v) is 2.21. The molecule has 0 aliphatic rings. The summed E-state index contributed by atoms with van der Waals surface area (Å²) >= 11 is 6.74. The number of hydrogen-bond donors (Lipinski definition) is 1. The van der Waals surface area contributed by atoms with Gasteiger partial charge in [-0.3, -0.25) is 4.79 Å². The van der Waals surface area contributed by atoms with Gasteiger partial charge in [0.05, 0.1) is 6.54 Å². The van der Waals surface area contributed by atoms with Crippen LogP contribution < -0.4 is 5.32 Å². The lowest BCUT2D eigenvalue weighted by Gasteiger charge is -1.96. The predicted octanol–water partition coefficient (Wildman–Crippen LogP) is 0.702. The molecule has 0 radical (unpaired) electrons. The fourth-order valence-electron chi connectivity index (χ4n) is 0.630. The Morgan fingerprint density at radius 2 is 2.42 bits per heavy atom. The number of halogens is 1. The highest BCUT2D eigenvalue weighted by atomic mass is 35.5. The van der Waals surface area contributed by atoms with E-state index >= 15 is 0 Å². The lowest BCUT2D eigenvalue weighted by Crippen LogP contribution is -2.23. The molecule has 0 aliphatic heterocycles. The molecular weight excluding hydrogens is 198 g/mol. The number of aromatic nitrogens is 2. The first-order valence-electron chi connectivity index (χ1n) is 3.34. The van der Waals surface area contributed by atoms with Gasteiger partial charge in [0.2, 0.25) is 5.91 Å². The van der Waals surface area contributed by atoms with Crippen LogP contribution in [0.25, 0.3) is 0 Å². The Bertz CT molecular complexity index is 276. The van der Waals surface area contributed by atoms with Crippen LogP contribution in [-0.2, 0) is 11.3 Å². The van der Waals surface area contributed by atoms with E-state index in [-0.39, 0.29) is 11.8 Å². The largest absolute Gasteiger partial charge is 0.348 e. The van der Waals surface area contributed by atoms with Crippen molar-refractivity contribution in [3.8, 4) is 0 Å². The molecule has 1 amide bonds. The van der Waals surface area contributed by atoms with Crippen LogP contribution in [0, 0.1) is 6.92 Å². The standard InChI is InChI=1S/C6H8ClN3OS/c1-4-9-10-6(12-4)3-8-5(11)2-7/h2-3H2,1H3,(H,8,11). The van der Waals surface area contributed by atoms with E-state index in [1.807, 2.05) is 6.92 Å². The molecule has 66 valence electrons. The molecule has 0 saturated heterocycles. The van der Waals surface area contributed by atoms with Gasteiger partial charge in [0.15, 0.2) is 0 Å². The Balaban J connectivity index is 2.38. The smallest absolute Gasteiger partial charge is 0.235 e. The van der Waals surface area contributed by atoms with Gasteiger partial charge in [-0.15, -0.1) is 21.8 Å². The van der Waals surface area contributed by atoms with Crippen LogP contribution >= 0.6 is 22.9 Å². The molecule has 0 spiro atoms. The zero-order valence-corrected chi connectivity index (χ0v) is 8.08. The number of nitrogens with zero attached hydrogens (tertiary/aromatic N) is 2. The molecule has 12 heavy (non-hydrogen) atoms. The summed E-state index contributed by atoms with van der Waals surface area (Å²) in [5.41, 5.74) is 0. The Morgan fingerprint density at radius 1 is 1.67 bits per heavy atom. The number of rotatable bonds is 3. The summed E-state index contributed by atoms with van der Waals surface area (Å²) in [6, 6.07) is 0. The van der Waals surface area contributed by atoms with Crippen molar-refractivity contribution in [3.05, 3.63) is 10.0 Å². The molecule has 1 N–H and O–H groups in total. The highest BCUT2D eigenvalue weighted by Crippen LogP contribution is 2.06. The third-order valence-electron chi connectivity index (χ3n) is 1.13. The lowest BCUT2D eigenvalue weighted by atomic mass is 10.6. The van der Waals surface area contributed by atoms with Crippen LogP contribution in [-0.4, -0.2) is 22.0 Å². The Hall–Kier alpha value is -0.680. The molecule has 0 atom stereocenters. The van der Waals surface area contributed by atoms with Crippen molar-refractivity contribution < 1.29 is 4.79 Å². The number of amides is 1. The number of alkyl halides is 1. The van der Waals surface area contributed by atoms with Gasteiger partial charge in [0, 0.05) is 0 Å². The normalized spacial score (nSPS) is 9.83. The van der Waals surface area contributed by atoms with Crippen LogP contribution in [0.3, 0.4) is 0 Å². The first-order valence-corrected chi connectivity index (χ1v) is 4.69. The average Bonchev–Trinajstić information content (AvgIpc) is 2.47. The van der Waals surface area contributed by atoms with Crippen molar-refractivity contribution in [2.75, 3.05) is 5.88 Å². The summed E-state index contributed by atoms with van der Waals surface area (Å²) in [5, 5.41) is 11.9. The van der Waals surface area contributed by atoms with E-state index in [4.69, 9.17) is 11.6 Å². The van der Waals surface area contributed by atoms with Crippen molar-refractivity contribution in [3.63, 3.8) is 0 Å². The summed E-state index contributed by atoms with van der Waals surface area (Å²) in [4.78, 5) is 10.7. The van der Waals surface area contributed by atoms with E-state index in [1.54, 1.807) is 0 Å². The quantitative estimate of drug-likeness (QED) is 0.740. The first kappa shape index (κ1) is 9.41. The molecule has 0 fully saturated rings. The van der Waals surface area contributed by atoms with E-state index in [0.717, 1.165) is 10.0 Å². The number of carbonyl (C=O) groups is 1. The molecule has 0 aliphatic carbocycles. The van der Waals surface area contributed by atoms with Gasteiger partial charge in [0.25, 0.3) is 0 Å². The van der Waals surface area contributed by atoms with Crippen molar-refractivity contribution in [1.82, 2.24) is 15.5 Å². The molecule has 0 aromatic carbocycles. The zero-order valence-electron chi connectivity index (χ0n) is 6.50. The molecule has 0 bridgehead atoms. The summed E-state index contributed by atoms with van der Waals surface area (Å²) < 4.78 is 0. The topological polar surface area (TPSA) is 54.9 Å². The maximum Gasteiger partial charge on any atom is 0.235 e. The molecule has 4 nitrogen and oxygen atoms in total. The maximum atomic E-state index is 10.7. The molecule has 1 aromatic heterocycles. The molecule has 1 heterocycles. The second-order valence-corrected chi connectivity index (χ2v) is 3.66. The lowest BCUT2D eigenvalue weighted by molar-refractivity contribution is -0.118. The summed E-state index contributed by atoms with van der Waals surface area (Å²) in [6.45, 7) is 2.28. The Labute approximate surface area is 79.0 Å². The van der Waals surface area contributed by atoms with Crippen LogP contribution in [0.1, 0.15) is 10.0 Å². The Kier molecular flexibility index (Phi) is 3.43. The SMILES string of the molecule is Cc1nnc(CNC(=O)CCl)s1. The third kappa shape index (κ3) is 2.75. The van der Waals surface area contributed by atoms with Crippen molar-refractivity contribution in [2.45, 2.75) is 13.5 Å². The summed E-state index contributed by atoms with van der Waals surface area (Å²) in [7, 11) is 0. The number of carbonyl (C=O) groups excluding carboxylic acids is 1. The van der Waals surface area contributed by atoms with Crippen LogP contribution in [0.4, 0.5) is 0 Å². The number of nitrogens with one attached hydrogen (secondary N) is 1. The van der Waals surface area contributed by atoms with Gasteiger partial charge >= 0.3 is 0 Å². The highest BCUT2D eigenvalue weighted by Gasteiger charge is 2.02. The fourth-order valence-corrected chi connectivity index (χ4v) is 1.37. The fraction of sp³-hybridized carbons (Fsp3) is 0.500. The molecule has 1 rings (SSSR count). The summed E-state index contributed by atoms with van der Waals surface area (Å²) in [6.07, 6.45) is 0. The van der Waals surface area contributed by atoms with E-state index in [1.165, 1.54) is 11.3 Å². The predicted molar refractivity (Wildman–Crippen MR) is 47.2 cm³/mol. The minimum Gasteiger partial charge on any atom is -0.348 e. The van der Waals surface area contributed by atoms with E-state index < -0.39 is 0 Å². The molecule has 0 unspecified atom stereocenters. The van der Waals surface area contributed by atoms with Crippen LogP contribution in [0.2, 0.25) is 0 Å². The second-order valence-electron chi connectivity index (χ2n) is 2.13. The van der Waals surface area contributed by atoms with Gasteiger partial charge < -0.3 is 5.32 Å².